The lowest BCUT2D eigenvalue weighted by Crippen LogP contribution is -2.15. The lowest BCUT2D eigenvalue weighted by atomic mass is 10.2. The summed E-state index contributed by atoms with van der Waals surface area (Å²) >= 11 is 11.8. The molecule has 0 amide bonds. The maximum atomic E-state index is 11.3. The Labute approximate surface area is 133 Å². The van der Waals surface area contributed by atoms with Gasteiger partial charge in [0.1, 0.15) is 0 Å². The number of halogens is 2. The highest BCUT2D eigenvalue weighted by atomic mass is 35.5. The van der Waals surface area contributed by atoms with Gasteiger partial charge in [-0.15, -0.1) is 0 Å². The molecule has 0 radical (unpaired) electrons. The summed E-state index contributed by atoms with van der Waals surface area (Å²) in [6.07, 6.45) is 0. The molecule has 112 valence electrons. The monoisotopic (exact) mass is 344 g/mol. The predicted octanol–water partition coefficient (Wildman–Crippen LogP) is 2.93. The molecule has 0 aliphatic rings. The highest BCUT2D eigenvalue weighted by Crippen LogP contribution is 2.19. The van der Waals surface area contributed by atoms with Gasteiger partial charge in [-0.25, -0.2) is 13.6 Å². The molecule has 0 aromatic heterocycles. The van der Waals surface area contributed by atoms with Crippen molar-refractivity contribution in [1.82, 2.24) is 5.32 Å². The molecule has 0 bridgehead atoms. The largest absolute Gasteiger partial charge is 0.309 e. The zero-order chi connectivity index (χ0) is 15.5. The number of hydrogen-bond donors (Lipinski definition) is 2. The molecule has 0 heterocycles. The standard InChI is InChI=1S/C14H14Cl2N2O2S/c15-12-4-11(5-13(16)7-12)9-18-8-10-2-1-3-14(6-10)21(17,19)20/h1-7,18H,8-9H2,(H2,17,19,20). The van der Waals surface area contributed by atoms with Gasteiger partial charge in [0.05, 0.1) is 4.90 Å². The van der Waals surface area contributed by atoms with Crippen LogP contribution in [0.5, 0.6) is 0 Å². The summed E-state index contributed by atoms with van der Waals surface area (Å²) in [4.78, 5) is 0.104. The molecule has 0 aliphatic carbocycles. The third kappa shape index (κ3) is 4.98. The predicted molar refractivity (Wildman–Crippen MR) is 84.8 cm³/mol. The van der Waals surface area contributed by atoms with Crippen molar-refractivity contribution < 1.29 is 8.42 Å². The summed E-state index contributed by atoms with van der Waals surface area (Å²) in [5.41, 5.74) is 1.78. The zero-order valence-electron chi connectivity index (χ0n) is 11.0. The number of primary sulfonamides is 1. The van der Waals surface area contributed by atoms with Crippen molar-refractivity contribution in [3.8, 4) is 0 Å². The second-order valence-corrected chi connectivity index (χ2v) is 7.01. The lowest BCUT2D eigenvalue weighted by Gasteiger charge is -2.07. The number of benzene rings is 2. The highest BCUT2D eigenvalue weighted by Gasteiger charge is 2.07. The van der Waals surface area contributed by atoms with Crippen molar-refractivity contribution in [3.05, 3.63) is 63.6 Å². The number of nitrogens with one attached hydrogen (secondary N) is 1. The Morgan fingerprint density at radius 2 is 1.57 bits per heavy atom. The fraction of sp³-hybridized carbons (Fsp3) is 0.143. The number of hydrogen-bond acceptors (Lipinski definition) is 3. The maximum absolute atomic E-state index is 11.3. The first-order chi connectivity index (χ1) is 9.84. The topological polar surface area (TPSA) is 72.2 Å². The molecular formula is C14H14Cl2N2O2S. The van der Waals surface area contributed by atoms with E-state index in [0.717, 1.165) is 11.1 Å². The van der Waals surface area contributed by atoms with E-state index in [1.807, 2.05) is 18.2 Å². The fourth-order valence-electron chi connectivity index (χ4n) is 1.90. The molecule has 0 saturated heterocycles. The first-order valence-corrected chi connectivity index (χ1v) is 8.42. The van der Waals surface area contributed by atoms with Crippen molar-refractivity contribution in [2.45, 2.75) is 18.0 Å². The van der Waals surface area contributed by atoms with Gasteiger partial charge in [-0.05, 0) is 41.5 Å². The summed E-state index contributed by atoms with van der Waals surface area (Å²) in [5.74, 6) is 0. The van der Waals surface area contributed by atoms with E-state index in [-0.39, 0.29) is 4.90 Å². The molecule has 2 rings (SSSR count). The van der Waals surface area contributed by atoms with Crippen LogP contribution < -0.4 is 10.5 Å². The van der Waals surface area contributed by atoms with Crippen molar-refractivity contribution >= 4 is 33.2 Å². The smallest absolute Gasteiger partial charge is 0.238 e. The number of nitrogens with two attached hydrogens (primary N) is 1. The normalized spacial score (nSPS) is 11.6. The minimum atomic E-state index is -3.68. The van der Waals surface area contributed by atoms with Crippen molar-refractivity contribution in [2.24, 2.45) is 5.14 Å². The van der Waals surface area contributed by atoms with Gasteiger partial charge in [0, 0.05) is 23.1 Å². The fourth-order valence-corrected chi connectivity index (χ4v) is 3.05. The highest BCUT2D eigenvalue weighted by molar-refractivity contribution is 7.89. The summed E-state index contributed by atoms with van der Waals surface area (Å²) in [7, 11) is -3.68. The molecule has 0 aliphatic heterocycles. The van der Waals surface area contributed by atoms with Crippen molar-refractivity contribution in [3.63, 3.8) is 0 Å². The molecule has 0 saturated carbocycles. The summed E-state index contributed by atoms with van der Waals surface area (Å²) in [6.45, 7) is 1.08. The van der Waals surface area contributed by atoms with E-state index in [0.29, 0.717) is 23.1 Å². The Balaban J connectivity index is 2.00. The SMILES string of the molecule is NS(=O)(=O)c1cccc(CNCc2cc(Cl)cc(Cl)c2)c1. The first-order valence-electron chi connectivity index (χ1n) is 6.12. The summed E-state index contributed by atoms with van der Waals surface area (Å²) in [6, 6.07) is 11.8. The Kier molecular flexibility index (Phi) is 5.24. The molecule has 4 nitrogen and oxygen atoms in total. The van der Waals surface area contributed by atoms with Gasteiger partial charge in [-0.2, -0.15) is 0 Å². The van der Waals surface area contributed by atoms with Gasteiger partial charge in [0.15, 0.2) is 0 Å². The van der Waals surface area contributed by atoms with Crippen LogP contribution in [0.2, 0.25) is 10.0 Å². The van der Waals surface area contributed by atoms with Gasteiger partial charge in [0.2, 0.25) is 10.0 Å². The second-order valence-electron chi connectivity index (χ2n) is 4.57. The minimum Gasteiger partial charge on any atom is -0.309 e. The van der Waals surface area contributed by atoms with Crippen LogP contribution in [0.3, 0.4) is 0 Å². The molecule has 3 N–H and O–H groups in total. The van der Waals surface area contributed by atoms with Crippen LogP contribution in [0.4, 0.5) is 0 Å². The Bertz CT molecular complexity index is 728. The van der Waals surface area contributed by atoms with Crippen LogP contribution in [0.25, 0.3) is 0 Å². The molecule has 7 heteroatoms. The first kappa shape index (κ1) is 16.3. The Hall–Kier alpha value is -1.11. The molecule has 2 aromatic rings. The number of sulfonamides is 1. The maximum Gasteiger partial charge on any atom is 0.238 e. The minimum absolute atomic E-state index is 0.104. The van der Waals surface area contributed by atoms with E-state index >= 15 is 0 Å². The van der Waals surface area contributed by atoms with E-state index in [2.05, 4.69) is 5.32 Å². The molecule has 0 spiro atoms. The molecule has 0 fully saturated rings. The number of rotatable bonds is 5. The van der Waals surface area contributed by atoms with Crippen LogP contribution in [-0.2, 0) is 23.1 Å². The average Bonchev–Trinajstić information content (AvgIpc) is 2.37. The molecule has 2 aromatic carbocycles. The second kappa shape index (κ2) is 6.77. The van der Waals surface area contributed by atoms with Gasteiger partial charge < -0.3 is 5.32 Å². The third-order valence-electron chi connectivity index (χ3n) is 2.81. The van der Waals surface area contributed by atoms with Crippen LogP contribution in [0, 0.1) is 0 Å². The molecular weight excluding hydrogens is 331 g/mol. The molecule has 21 heavy (non-hydrogen) atoms. The van der Waals surface area contributed by atoms with Gasteiger partial charge in [-0.3, -0.25) is 0 Å². The molecule has 0 unspecified atom stereocenters. The van der Waals surface area contributed by atoms with E-state index in [1.54, 1.807) is 18.2 Å². The van der Waals surface area contributed by atoms with Gasteiger partial charge >= 0.3 is 0 Å². The van der Waals surface area contributed by atoms with Crippen LogP contribution in [0.1, 0.15) is 11.1 Å². The van der Waals surface area contributed by atoms with E-state index in [1.165, 1.54) is 6.07 Å². The van der Waals surface area contributed by atoms with E-state index < -0.39 is 10.0 Å². The van der Waals surface area contributed by atoms with Crippen LogP contribution in [-0.4, -0.2) is 8.42 Å². The van der Waals surface area contributed by atoms with Crippen LogP contribution >= 0.6 is 23.2 Å². The van der Waals surface area contributed by atoms with Crippen molar-refractivity contribution in [2.75, 3.05) is 0 Å². The van der Waals surface area contributed by atoms with E-state index in [4.69, 9.17) is 28.3 Å². The summed E-state index contributed by atoms with van der Waals surface area (Å²) in [5, 5.41) is 9.46. The molecule has 0 atom stereocenters. The van der Waals surface area contributed by atoms with Crippen molar-refractivity contribution in [1.29, 1.82) is 0 Å². The van der Waals surface area contributed by atoms with Gasteiger partial charge in [-0.1, -0.05) is 35.3 Å². The average molecular weight is 345 g/mol. The third-order valence-corrected chi connectivity index (χ3v) is 4.16. The van der Waals surface area contributed by atoms with Crippen LogP contribution in [0.15, 0.2) is 47.4 Å². The van der Waals surface area contributed by atoms with E-state index in [9.17, 15) is 8.42 Å². The Morgan fingerprint density at radius 3 is 2.19 bits per heavy atom. The Morgan fingerprint density at radius 1 is 0.952 bits per heavy atom. The van der Waals surface area contributed by atoms with Gasteiger partial charge in [0.25, 0.3) is 0 Å². The quantitative estimate of drug-likeness (QED) is 0.875. The lowest BCUT2D eigenvalue weighted by molar-refractivity contribution is 0.597. The summed E-state index contributed by atoms with van der Waals surface area (Å²) < 4.78 is 22.6. The zero-order valence-corrected chi connectivity index (χ0v) is 13.3.